The Bertz CT molecular complexity index is 737. The van der Waals surface area contributed by atoms with E-state index < -0.39 is 0 Å². The van der Waals surface area contributed by atoms with Crippen LogP contribution in [-0.2, 0) is 9.68 Å². The van der Waals surface area contributed by atoms with Gasteiger partial charge in [-0.15, -0.1) is 24.8 Å². The van der Waals surface area contributed by atoms with Crippen molar-refractivity contribution in [3.8, 4) is 11.8 Å². The summed E-state index contributed by atoms with van der Waals surface area (Å²) >= 11 is 0. The minimum absolute atomic E-state index is 0. The first-order valence-electron chi connectivity index (χ1n) is 9.05. The zero-order valence-electron chi connectivity index (χ0n) is 17.4. The lowest BCUT2D eigenvalue weighted by atomic mass is 10.2. The van der Waals surface area contributed by atoms with E-state index in [9.17, 15) is 0 Å². The Labute approximate surface area is 193 Å². The average Bonchev–Trinajstić information content (AvgIpc) is 2.74. The van der Waals surface area contributed by atoms with E-state index in [-0.39, 0.29) is 36.5 Å². The molecule has 0 saturated carbocycles. The van der Waals surface area contributed by atoms with E-state index in [1.807, 2.05) is 0 Å². The second-order valence-corrected chi connectivity index (χ2v) is 5.85. The molecule has 0 fully saturated rings. The summed E-state index contributed by atoms with van der Waals surface area (Å²) in [6, 6.07) is 7.05. The first kappa shape index (κ1) is 28.0. The van der Waals surface area contributed by atoms with E-state index in [0.29, 0.717) is 36.1 Å². The zero-order chi connectivity index (χ0) is 20.9. The van der Waals surface area contributed by atoms with Gasteiger partial charge in [-0.05, 0) is 31.4 Å². The SMILES string of the molecule is CO/N=C(\N)c1ccc(OCCCCCOc2ccc(/C(N)=N/OC)cn2)nc1.Cl.Cl. The van der Waals surface area contributed by atoms with Gasteiger partial charge in [0.05, 0.1) is 13.2 Å². The number of unbranched alkanes of at least 4 members (excludes halogenated alkanes) is 2. The summed E-state index contributed by atoms with van der Waals surface area (Å²) < 4.78 is 11.2. The van der Waals surface area contributed by atoms with Gasteiger partial charge in [-0.25, -0.2) is 9.97 Å². The molecular formula is C19H28Cl2N6O4. The highest BCUT2D eigenvalue weighted by Gasteiger charge is 2.03. The summed E-state index contributed by atoms with van der Waals surface area (Å²) in [4.78, 5) is 17.6. The van der Waals surface area contributed by atoms with Crippen molar-refractivity contribution < 1.29 is 19.1 Å². The van der Waals surface area contributed by atoms with E-state index in [2.05, 4.69) is 30.0 Å². The summed E-state index contributed by atoms with van der Waals surface area (Å²) in [5, 5.41) is 7.30. The largest absolute Gasteiger partial charge is 0.478 e. The Balaban J connectivity index is 0.00000450. The van der Waals surface area contributed by atoms with Crippen molar-refractivity contribution in [3.05, 3.63) is 47.8 Å². The summed E-state index contributed by atoms with van der Waals surface area (Å²) in [6.45, 7) is 1.14. The minimum atomic E-state index is 0. The van der Waals surface area contributed by atoms with Gasteiger partial charge in [-0.3, -0.25) is 0 Å². The summed E-state index contributed by atoms with van der Waals surface area (Å²) in [6.07, 6.45) is 5.91. The molecular weight excluding hydrogens is 447 g/mol. The Morgan fingerprint density at radius 1 is 0.742 bits per heavy atom. The predicted molar refractivity (Wildman–Crippen MR) is 123 cm³/mol. The molecule has 31 heavy (non-hydrogen) atoms. The van der Waals surface area contributed by atoms with E-state index in [4.69, 9.17) is 20.9 Å². The first-order valence-corrected chi connectivity index (χ1v) is 9.05. The third-order valence-corrected chi connectivity index (χ3v) is 3.73. The van der Waals surface area contributed by atoms with Crippen molar-refractivity contribution in [1.82, 2.24) is 9.97 Å². The maximum Gasteiger partial charge on any atom is 0.213 e. The van der Waals surface area contributed by atoms with Gasteiger partial charge in [0.2, 0.25) is 11.8 Å². The minimum Gasteiger partial charge on any atom is -0.478 e. The van der Waals surface area contributed by atoms with Crippen LogP contribution in [0.25, 0.3) is 0 Å². The van der Waals surface area contributed by atoms with Crippen LogP contribution in [0.3, 0.4) is 0 Å². The molecule has 12 heteroatoms. The Hall–Kier alpha value is -2.98. The van der Waals surface area contributed by atoms with Gasteiger partial charge in [-0.2, -0.15) is 0 Å². The van der Waals surface area contributed by atoms with E-state index in [1.165, 1.54) is 14.2 Å². The second-order valence-electron chi connectivity index (χ2n) is 5.85. The van der Waals surface area contributed by atoms with Gasteiger partial charge in [0.1, 0.15) is 14.2 Å². The van der Waals surface area contributed by atoms with Crippen LogP contribution in [0.2, 0.25) is 0 Å². The lowest BCUT2D eigenvalue weighted by molar-refractivity contribution is 0.213. The van der Waals surface area contributed by atoms with Gasteiger partial charge in [0.25, 0.3) is 0 Å². The van der Waals surface area contributed by atoms with Crippen molar-refractivity contribution in [2.45, 2.75) is 19.3 Å². The molecule has 0 aliphatic heterocycles. The van der Waals surface area contributed by atoms with Gasteiger partial charge in [-0.1, -0.05) is 10.3 Å². The molecule has 0 atom stereocenters. The van der Waals surface area contributed by atoms with E-state index in [0.717, 1.165) is 19.3 Å². The summed E-state index contributed by atoms with van der Waals surface area (Å²) in [7, 11) is 2.87. The highest BCUT2D eigenvalue weighted by atomic mass is 35.5. The number of nitrogens with two attached hydrogens (primary N) is 2. The maximum atomic E-state index is 5.71. The molecule has 2 aromatic heterocycles. The number of ether oxygens (including phenoxy) is 2. The number of rotatable bonds is 12. The quantitative estimate of drug-likeness (QED) is 0.207. The van der Waals surface area contributed by atoms with Gasteiger partial charge in [0, 0.05) is 35.7 Å². The molecule has 0 unspecified atom stereocenters. The Morgan fingerprint density at radius 3 is 1.48 bits per heavy atom. The fraction of sp³-hybridized carbons (Fsp3) is 0.368. The molecule has 10 nitrogen and oxygen atoms in total. The zero-order valence-corrected chi connectivity index (χ0v) is 19.0. The number of halogens is 2. The molecule has 0 saturated heterocycles. The second kappa shape index (κ2) is 15.8. The maximum absolute atomic E-state index is 5.71. The number of hydrogen-bond donors (Lipinski definition) is 2. The molecule has 0 aliphatic carbocycles. The number of oxime groups is 2. The van der Waals surface area contributed by atoms with E-state index in [1.54, 1.807) is 36.7 Å². The molecule has 2 aromatic rings. The molecule has 0 spiro atoms. The standard InChI is InChI=1S/C19H26N6O4.2ClH/c1-26-24-18(20)14-6-8-16(22-12-14)28-10-4-3-5-11-29-17-9-7-15(13-23-17)19(21)25-27-2;;/h6-9,12-13H,3-5,10-11H2,1-2H3,(H2,20,24)(H2,21,25);2*1H. The van der Waals surface area contributed by atoms with Gasteiger partial charge >= 0.3 is 0 Å². The van der Waals surface area contributed by atoms with Crippen molar-refractivity contribution in [1.29, 1.82) is 0 Å². The molecule has 0 amide bonds. The third-order valence-electron chi connectivity index (χ3n) is 3.73. The van der Waals surface area contributed by atoms with Crippen molar-refractivity contribution in [3.63, 3.8) is 0 Å². The molecule has 0 radical (unpaired) electrons. The summed E-state index contributed by atoms with van der Waals surface area (Å²) in [5.41, 5.74) is 12.8. The van der Waals surface area contributed by atoms with Gasteiger partial charge in [0.15, 0.2) is 11.7 Å². The Morgan fingerprint density at radius 2 is 1.16 bits per heavy atom. The number of hydrogen-bond acceptors (Lipinski definition) is 8. The number of aromatic nitrogens is 2. The lowest BCUT2D eigenvalue weighted by Crippen LogP contribution is -2.14. The molecule has 2 heterocycles. The predicted octanol–water partition coefficient (Wildman–Crippen LogP) is 2.48. The van der Waals surface area contributed by atoms with Crippen LogP contribution in [0.15, 0.2) is 47.0 Å². The van der Waals surface area contributed by atoms with Gasteiger partial charge < -0.3 is 30.6 Å². The monoisotopic (exact) mass is 474 g/mol. The number of nitrogens with zero attached hydrogens (tertiary/aromatic N) is 4. The van der Waals surface area contributed by atoms with Crippen molar-refractivity contribution in [2.75, 3.05) is 27.4 Å². The molecule has 0 aromatic carbocycles. The number of pyridine rings is 2. The topological polar surface area (TPSA) is 139 Å². The molecule has 0 aliphatic rings. The van der Waals surface area contributed by atoms with Crippen LogP contribution in [0.5, 0.6) is 11.8 Å². The fourth-order valence-electron chi connectivity index (χ4n) is 2.27. The van der Waals surface area contributed by atoms with Crippen molar-refractivity contribution in [2.24, 2.45) is 21.8 Å². The highest BCUT2D eigenvalue weighted by Crippen LogP contribution is 2.10. The Kier molecular flexibility index (Phi) is 14.3. The third kappa shape index (κ3) is 10.1. The van der Waals surface area contributed by atoms with Crippen LogP contribution < -0.4 is 20.9 Å². The molecule has 172 valence electrons. The number of amidine groups is 2. The smallest absolute Gasteiger partial charge is 0.213 e. The summed E-state index contributed by atoms with van der Waals surface area (Å²) in [5.74, 6) is 1.61. The molecule has 2 rings (SSSR count). The van der Waals surface area contributed by atoms with Crippen LogP contribution in [0.1, 0.15) is 30.4 Å². The van der Waals surface area contributed by atoms with Crippen molar-refractivity contribution >= 4 is 36.5 Å². The van der Waals surface area contributed by atoms with E-state index >= 15 is 0 Å². The molecule has 4 N–H and O–H groups in total. The van der Waals surface area contributed by atoms with Crippen LogP contribution >= 0.6 is 24.8 Å². The van der Waals surface area contributed by atoms with Crippen LogP contribution in [0.4, 0.5) is 0 Å². The fourth-order valence-corrected chi connectivity index (χ4v) is 2.27. The van der Waals surface area contributed by atoms with Crippen LogP contribution in [0, 0.1) is 0 Å². The first-order chi connectivity index (χ1) is 14.1. The average molecular weight is 475 g/mol. The molecule has 0 bridgehead atoms. The van der Waals surface area contributed by atoms with Crippen LogP contribution in [-0.4, -0.2) is 49.1 Å². The normalized spacial score (nSPS) is 11.0. The lowest BCUT2D eigenvalue weighted by Gasteiger charge is -2.07. The highest BCUT2D eigenvalue weighted by molar-refractivity contribution is 5.97.